The minimum Gasteiger partial charge on any atom is -0.478 e. The van der Waals surface area contributed by atoms with E-state index in [1.165, 1.54) is 0 Å². The quantitative estimate of drug-likeness (QED) is 0.866. The predicted molar refractivity (Wildman–Crippen MR) is 90.7 cm³/mol. The fourth-order valence-electron chi connectivity index (χ4n) is 3.27. The molecule has 124 valence electrons. The lowest BCUT2D eigenvalue weighted by atomic mass is 9.67. The highest BCUT2D eigenvalue weighted by Crippen LogP contribution is 2.44. The summed E-state index contributed by atoms with van der Waals surface area (Å²) in [6.07, 6.45) is 3.64. The number of nitrogens with zero attached hydrogens (tertiary/aromatic N) is 1. The molecule has 1 saturated carbocycles. The van der Waals surface area contributed by atoms with Gasteiger partial charge in [-0.15, -0.1) is 0 Å². The number of carboxylic acid groups (broad SMARTS) is 1. The van der Waals surface area contributed by atoms with E-state index in [4.69, 9.17) is 5.11 Å². The lowest BCUT2D eigenvalue weighted by Crippen LogP contribution is -2.34. The normalized spacial score (nSPS) is 22.2. The minimum absolute atomic E-state index is 0.0285. The number of Topliss-reactive ketones (excluding diaryl/α,β-unsaturated/α-hetero) is 1. The molecule has 4 nitrogen and oxygen atoms in total. The van der Waals surface area contributed by atoms with Gasteiger partial charge in [0, 0.05) is 37.2 Å². The number of carbonyl (C=O) groups is 2. The van der Waals surface area contributed by atoms with E-state index in [1.54, 1.807) is 12.1 Å². The second kappa shape index (κ2) is 6.19. The number of hydrogen-bond donors (Lipinski definition) is 1. The van der Waals surface area contributed by atoms with Gasteiger partial charge >= 0.3 is 5.97 Å². The molecule has 0 saturated heterocycles. The molecule has 0 bridgehead atoms. The third-order valence-electron chi connectivity index (χ3n) is 4.60. The summed E-state index contributed by atoms with van der Waals surface area (Å²) in [6.45, 7) is 5.91. The largest absolute Gasteiger partial charge is 0.478 e. The Labute approximate surface area is 137 Å². The van der Waals surface area contributed by atoms with Gasteiger partial charge in [-0.3, -0.25) is 4.79 Å². The summed E-state index contributed by atoms with van der Waals surface area (Å²) in [5, 5.41) is 9.12. The molecule has 1 aromatic carbocycles. The number of carbonyl (C=O) groups excluding carboxylic acids is 1. The average molecular weight is 315 g/mol. The lowest BCUT2D eigenvalue weighted by molar-refractivity contribution is -0.125. The molecule has 2 rings (SSSR count). The van der Waals surface area contributed by atoms with Crippen molar-refractivity contribution in [3.8, 4) is 0 Å². The van der Waals surface area contributed by atoms with Gasteiger partial charge in [0.15, 0.2) is 5.78 Å². The van der Waals surface area contributed by atoms with E-state index in [-0.39, 0.29) is 22.7 Å². The molecular formula is C19H25NO3. The zero-order valence-electron chi connectivity index (χ0n) is 14.5. The van der Waals surface area contributed by atoms with Crippen LogP contribution in [-0.2, 0) is 4.79 Å². The van der Waals surface area contributed by atoms with Crippen LogP contribution in [0.3, 0.4) is 0 Å². The Kier molecular flexibility index (Phi) is 4.64. The van der Waals surface area contributed by atoms with Crippen LogP contribution in [0.2, 0.25) is 0 Å². The third kappa shape index (κ3) is 3.46. The van der Waals surface area contributed by atoms with Crippen molar-refractivity contribution < 1.29 is 14.7 Å². The molecule has 1 unspecified atom stereocenters. The monoisotopic (exact) mass is 315 g/mol. The lowest BCUT2D eigenvalue weighted by Gasteiger charge is -2.36. The summed E-state index contributed by atoms with van der Waals surface area (Å²) >= 11 is 0. The van der Waals surface area contributed by atoms with E-state index >= 15 is 0 Å². The average Bonchev–Trinajstić information content (AvgIpc) is 2.44. The summed E-state index contributed by atoms with van der Waals surface area (Å²) in [7, 11) is 3.83. The van der Waals surface area contributed by atoms with Gasteiger partial charge in [-0.1, -0.05) is 19.9 Å². The van der Waals surface area contributed by atoms with E-state index in [0.717, 1.165) is 29.5 Å². The van der Waals surface area contributed by atoms with Crippen LogP contribution in [-0.4, -0.2) is 35.9 Å². The Morgan fingerprint density at radius 2 is 2.00 bits per heavy atom. The van der Waals surface area contributed by atoms with Gasteiger partial charge in [-0.2, -0.15) is 0 Å². The third-order valence-corrected chi connectivity index (χ3v) is 4.60. The Bertz CT molecular complexity index is 671. The first-order chi connectivity index (χ1) is 10.6. The smallest absolute Gasteiger partial charge is 0.335 e. The fraction of sp³-hybridized carbons (Fsp3) is 0.474. The fourth-order valence-corrected chi connectivity index (χ4v) is 3.27. The summed E-state index contributed by atoms with van der Waals surface area (Å²) in [5.74, 6) is -0.713. The van der Waals surface area contributed by atoms with Crippen LogP contribution in [0.15, 0.2) is 30.0 Å². The number of ketones is 1. The molecule has 0 aliphatic heterocycles. The van der Waals surface area contributed by atoms with Crippen LogP contribution in [0.5, 0.6) is 0 Å². The molecule has 1 N–H and O–H groups in total. The van der Waals surface area contributed by atoms with E-state index in [1.807, 2.05) is 52.0 Å². The highest BCUT2D eigenvalue weighted by molar-refractivity contribution is 6.01. The SMILES string of the molecule is Cc1cc(C(=O)O)ccc1C1CCC(C)(C)C(=O)/C1=C\N(C)C. The Balaban J connectivity index is 2.49. The molecule has 1 aliphatic rings. The van der Waals surface area contributed by atoms with Crippen molar-refractivity contribution in [2.75, 3.05) is 14.1 Å². The number of aryl methyl sites for hydroxylation is 1. The summed E-state index contributed by atoms with van der Waals surface area (Å²) in [6, 6.07) is 5.18. The van der Waals surface area contributed by atoms with Crippen LogP contribution in [0.1, 0.15) is 54.1 Å². The molecule has 0 amide bonds. The van der Waals surface area contributed by atoms with Crippen LogP contribution in [0.25, 0.3) is 0 Å². The van der Waals surface area contributed by atoms with Gasteiger partial charge in [-0.05, 0) is 43.0 Å². The Morgan fingerprint density at radius 1 is 1.35 bits per heavy atom. The number of allylic oxidation sites excluding steroid dienone is 1. The standard InChI is InChI=1S/C19H25NO3/c1-12-10-13(18(22)23)6-7-14(12)15-8-9-19(2,3)17(21)16(15)11-20(4)5/h6-7,10-11,15H,8-9H2,1-5H3,(H,22,23)/b16-11-. The van der Waals surface area contributed by atoms with Crippen molar-refractivity contribution in [1.29, 1.82) is 0 Å². The molecule has 1 aromatic rings. The van der Waals surface area contributed by atoms with Crippen LogP contribution < -0.4 is 0 Å². The topological polar surface area (TPSA) is 57.6 Å². The molecule has 4 heteroatoms. The van der Waals surface area contributed by atoms with Crippen molar-refractivity contribution in [3.63, 3.8) is 0 Å². The zero-order chi connectivity index (χ0) is 17.4. The maximum Gasteiger partial charge on any atom is 0.335 e. The molecule has 1 atom stereocenters. The highest BCUT2D eigenvalue weighted by atomic mass is 16.4. The molecule has 23 heavy (non-hydrogen) atoms. The number of carboxylic acids is 1. The predicted octanol–water partition coefficient (Wildman–Crippen LogP) is 3.61. The minimum atomic E-state index is -0.926. The molecule has 1 fully saturated rings. The van der Waals surface area contributed by atoms with E-state index < -0.39 is 5.97 Å². The van der Waals surface area contributed by atoms with Crippen molar-refractivity contribution in [2.24, 2.45) is 5.41 Å². The molecule has 0 radical (unpaired) electrons. The maximum absolute atomic E-state index is 12.9. The Morgan fingerprint density at radius 3 is 2.52 bits per heavy atom. The van der Waals surface area contributed by atoms with Crippen LogP contribution >= 0.6 is 0 Å². The number of hydrogen-bond acceptors (Lipinski definition) is 3. The number of aromatic carboxylic acids is 1. The van der Waals surface area contributed by atoms with Gasteiger partial charge < -0.3 is 10.0 Å². The molecule has 0 aromatic heterocycles. The first-order valence-corrected chi connectivity index (χ1v) is 7.90. The van der Waals surface area contributed by atoms with Gasteiger partial charge in [0.2, 0.25) is 0 Å². The van der Waals surface area contributed by atoms with Gasteiger partial charge in [0.1, 0.15) is 0 Å². The number of benzene rings is 1. The first kappa shape index (κ1) is 17.3. The van der Waals surface area contributed by atoms with Crippen molar-refractivity contribution >= 4 is 11.8 Å². The summed E-state index contributed by atoms with van der Waals surface area (Å²) < 4.78 is 0. The van der Waals surface area contributed by atoms with E-state index in [0.29, 0.717) is 0 Å². The second-order valence-corrected chi connectivity index (χ2v) is 7.23. The molecule has 0 heterocycles. The molecular weight excluding hydrogens is 290 g/mol. The molecule has 1 aliphatic carbocycles. The van der Waals surface area contributed by atoms with Gasteiger partial charge in [-0.25, -0.2) is 4.79 Å². The van der Waals surface area contributed by atoms with Crippen molar-refractivity contribution in [2.45, 2.75) is 39.5 Å². The Hall–Kier alpha value is -2.10. The van der Waals surface area contributed by atoms with Crippen LogP contribution in [0, 0.1) is 12.3 Å². The van der Waals surface area contributed by atoms with Gasteiger partial charge in [0.05, 0.1) is 5.56 Å². The van der Waals surface area contributed by atoms with E-state index in [2.05, 4.69) is 0 Å². The first-order valence-electron chi connectivity index (χ1n) is 7.90. The van der Waals surface area contributed by atoms with E-state index in [9.17, 15) is 9.59 Å². The second-order valence-electron chi connectivity index (χ2n) is 7.23. The summed E-state index contributed by atoms with van der Waals surface area (Å²) in [4.78, 5) is 25.9. The van der Waals surface area contributed by atoms with Crippen LogP contribution in [0.4, 0.5) is 0 Å². The summed E-state index contributed by atoms with van der Waals surface area (Å²) in [5.41, 5.74) is 2.73. The number of rotatable bonds is 3. The van der Waals surface area contributed by atoms with Gasteiger partial charge in [0.25, 0.3) is 0 Å². The highest BCUT2D eigenvalue weighted by Gasteiger charge is 2.39. The maximum atomic E-state index is 12.9. The molecule has 0 spiro atoms. The zero-order valence-corrected chi connectivity index (χ0v) is 14.5. The van der Waals surface area contributed by atoms with Crippen molar-refractivity contribution in [3.05, 3.63) is 46.7 Å². The van der Waals surface area contributed by atoms with Crippen molar-refractivity contribution in [1.82, 2.24) is 4.90 Å².